The van der Waals surface area contributed by atoms with Crippen LogP contribution in [0.15, 0.2) is 0 Å². The number of thioether (sulfide) groups is 1. The van der Waals surface area contributed by atoms with E-state index >= 15 is 0 Å². The lowest BCUT2D eigenvalue weighted by Crippen LogP contribution is -2.27. The maximum absolute atomic E-state index is 12.7. The van der Waals surface area contributed by atoms with Crippen LogP contribution in [0.25, 0.3) is 0 Å². The molecule has 0 atom stereocenters. The third-order valence-corrected chi connectivity index (χ3v) is 10.1. The van der Waals surface area contributed by atoms with E-state index in [1.54, 1.807) is 0 Å². The Morgan fingerprint density at radius 3 is 1.44 bits per heavy atom. The van der Waals surface area contributed by atoms with Crippen LogP contribution < -0.4 is 0 Å². The minimum Gasteiger partial charge on any atom is -0.465 e. The number of carbonyl (C=O) groups excluding carboxylic acids is 3. The molecule has 43 heavy (non-hydrogen) atoms. The Morgan fingerprint density at radius 1 is 0.512 bits per heavy atom. The summed E-state index contributed by atoms with van der Waals surface area (Å²) in [5.41, 5.74) is -0.727. The summed E-state index contributed by atoms with van der Waals surface area (Å²) < 4.78 is 5.56. The fourth-order valence-electron chi connectivity index (χ4n) is 5.48. The fourth-order valence-corrected chi connectivity index (χ4v) is 6.50. The number of unbranched alkanes of at least 4 members (excludes halogenated alkanes) is 17. The lowest BCUT2D eigenvalue weighted by atomic mass is 9.86. The molecular formula is C38H72O4S. The molecule has 0 rings (SSSR count). The van der Waals surface area contributed by atoms with Crippen LogP contribution in [0.2, 0.25) is 0 Å². The molecule has 0 amide bonds. The molecule has 0 spiro atoms. The van der Waals surface area contributed by atoms with Gasteiger partial charge >= 0.3 is 5.97 Å². The van der Waals surface area contributed by atoms with E-state index in [-0.39, 0.29) is 11.4 Å². The number of hydrogen-bond donors (Lipinski definition) is 0. The molecule has 0 aromatic rings. The van der Waals surface area contributed by atoms with Crippen molar-refractivity contribution in [1.82, 2.24) is 0 Å². The molecule has 0 heterocycles. The van der Waals surface area contributed by atoms with Gasteiger partial charge in [-0.15, -0.1) is 0 Å². The maximum Gasteiger partial charge on any atom is 0.311 e. The minimum absolute atomic E-state index is 0.0819. The molecule has 4 nitrogen and oxygen atoms in total. The van der Waals surface area contributed by atoms with E-state index in [0.717, 1.165) is 76.4 Å². The highest BCUT2D eigenvalue weighted by molar-refractivity contribution is 8.13. The van der Waals surface area contributed by atoms with Crippen molar-refractivity contribution in [1.29, 1.82) is 0 Å². The van der Waals surface area contributed by atoms with E-state index < -0.39 is 5.41 Å². The zero-order chi connectivity index (χ0) is 32.2. The standard InChI is InChI=1S/C38H72O4S/c1-7-9-11-13-15-17-19-27-33-43-36(41)38(5,6)31-25-21-23-29-34(39)28-22-20-24-30-37(3,4)35(40)42-32-26-18-16-14-12-10-8-2/h7-33H2,1-6H3. The van der Waals surface area contributed by atoms with Gasteiger partial charge in [0, 0.05) is 24.0 Å². The van der Waals surface area contributed by atoms with E-state index in [1.807, 2.05) is 13.8 Å². The lowest BCUT2D eigenvalue weighted by Gasteiger charge is -2.22. The van der Waals surface area contributed by atoms with E-state index in [4.69, 9.17) is 4.74 Å². The molecule has 0 aromatic heterocycles. The van der Waals surface area contributed by atoms with Crippen LogP contribution in [0.3, 0.4) is 0 Å². The summed E-state index contributed by atoms with van der Waals surface area (Å²) in [4.78, 5) is 37.6. The Hall–Kier alpha value is -0.840. The quantitative estimate of drug-likeness (QED) is 0.0567. The molecular weight excluding hydrogens is 552 g/mol. The van der Waals surface area contributed by atoms with Crippen molar-refractivity contribution in [3.05, 3.63) is 0 Å². The SMILES string of the molecule is CCCCCCCCCCSC(=O)C(C)(C)CCCCCC(=O)CCCCCC(C)(C)C(=O)OCCCCCCCCC. The molecule has 0 saturated carbocycles. The number of carbonyl (C=O) groups is 3. The molecule has 0 saturated heterocycles. The molecule has 0 aromatic carbocycles. The normalized spacial score (nSPS) is 12.0. The summed E-state index contributed by atoms with van der Waals surface area (Å²) in [5, 5.41) is 0.330. The second-order valence-corrected chi connectivity index (χ2v) is 15.4. The highest BCUT2D eigenvalue weighted by Crippen LogP contribution is 2.31. The largest absolute Gasteiger partial charge is 0.465 e. The number of esters is 1. The van der Waals surface area contributed by atoms with Gasteiger partial charge in [-0.25, -0.2) is 0 Å². The molecule has 0 unspecified atom stereocenters. The Kier molecular flexibility index (Phi) is 26.9. The van der Waals surface area contributed by atoms with Crippen molar-refractivity contribution in [2.45, 2.75) is 202 Å². The van der Waals surface area contributed by atoms with Gasteiger partial charge in [-0.1, -0.05) is 149 Å². The number of rotatable bonds is 31. The molecule has 0 radical (unpaired) electrons. The van der Waals surface area contributed by atoms with Crippen molar-refractivity contribution in [3.63, 3.8) is 0 Å². The predicted octanol–water partition coefficient (Wildman–Crippen LogP) is 12.2. The van der Waals surface area contributed by atoms with Gasteiger partial charge in [0.2, 0.25) is 0 Å². The third-order valence-electron chi connectivity index (χ3n) is 8.83. The van der Waals surface area contributed by atoms with Crippen molar-refractivity contribution in [3.8, 4) is 0 Å². The van der Waals surface area contributed by atoms with E-state index in [2.05, 4.69) is 27.7 Å². The highest BCUT2D eigenvalue weighted by Gasteiger charge is 2.29. The monoisotopic (exact) mass is 625 g/mol. The van der Waals surface area contributed by atoms with Crippen molar-refractivity contribution >= 4 is 28.6 Å². The topological polar surface area (TPSA) is 60.4 Å². The first-order valence-corrected chi connectivity index (χ1v) is 19.4. The molecule has 0 aliphatic carbocycles. The van der Waals surface area contributed by atoms with Gasteiger partial charge in [0.05, 0.1) is 12.0 Å². The Bertz CT molecular complexity index is 700. The Balaban J connectivity index is 3.79. The average Bonchev–Trinajstić information content (AvgIpc) is 2.96. The summed E-state index contributed by atoms with van der Waals surface area (Å²) in [6.07, 6.45) is 27.7. The molecule has 0 bridgehead atoms. The molecule has 0 aliphatic rings. The summed E-state index contributed by atoms with van der Waals surface area (Å²) in [7, 11) is 0. The first-order chi connectivity index (χ1) is 20.6. The predicted molar refractivity (Wildman–Crippen MR) is 188 cm³/mol. The van der Waals surface area contributed by atoms with Crippen LogP contribution in [0, 0.1) is 10.8 Å². The number of ether oxygens (including phenoxy) is 1. The van der Waals surface area contributed by atoms with Crippen molar-refractivity contribution in [2.75, 3.05) is 12.4 Å². The zero-order valence-corrected chi connectivity index (χ0v) is 30.4. The fraction of sp³-hybridized carbons (Fsp3) is 0.921. The van der Waals surface area contributed by atoms with Crippen LogP contribution >= 0.6 is 11.8 Å². The second kappa shape index (κ2) is 27.5. The Morgan fingerprint density at radius 2 is 0.930 bits per heavy atom. The lowest BCUT2D eigenvalue weighted by molar-refractivity contribution is -0.154. The number of hydrogen-bond acceptors (Lipinski definition) is 5. The smallest absolute Gasteiger partial charge is 0.311 e. The van der Waals surface area contributed by atoms with Crippen LogP contribution in [-0.4, -0.2) is 29.2 Å². The van der Waals surface area contributed by atoms with Gasteiger partial charge in [-0.05, 0) is 52.4 Å². The minimum atomic E-state index is -0.452. The van der Waals surface area contributed by atoms with Gasteiger partial charge in [0.15, 0.2) is 5.12 Å². The van der Waals surface area contributed by atoms with Crippen LogP contribution in [0.4, 0.5) is 0 Å². The van der Waals surface area contributed by atoms with Crippen LogP contribution in [-0.2, 0) is 19.1 Å². The van der Waals surface area contributed by atoms with Crippen LogP contribution in [0.1, 0.15) is 202 Å². The van der Waals surface area contributed by atoms with E-state index in [9.17, 15) is 14.4 Å². The molecule has 0 aliphatic heterocycles. The summed E-state index contributed by atoms with van der Waals surface area (Å²) in [6, 6.07) is 0. The average molecular weight is 625 g/mol. The summed E-state index contributed by atoms with van der Waals surface area (Å²) >= 11 is 1.53. The van der Waals surface area contributed by atoms with Gasteiger partial charge in [0.25, 0.3) is 0 Å². The molecule has 0 fully saturated rings. The van der Waals surface area contributed by atoms with Gasteiger partial charge in [0.1, 0.15) is 5.78 Å². The van der Waals surface area contributed by atoms with Gasteiger partial charge in [-0.2, -0.15) is 0 Å². The zero-order valence-electron chi connectivity index (χ0n) is 29.6. The second-order valence-electron chi connectivity index (χ2n) is 14.3. The first kappa shape index (κ1) is 42.2. The molecule has 5 heteroatoms. The van der Waals surface area contributed by atoms with Crippen LogP contribution in [0.5, 0.6) is 0 Å². The van der Waals surface area contributed by atoms with Crippen molar-refractivity contribution in [2.24, 2.45) is 10.8 Å². The highest BCUT2D eigenvalue weighted by atomic mass is 32.2. The van der Waals surface area contributed by atoms with Gasteiger partial charge < -0.3 is 4.74 Å². The first-order valence-electron chi connectivity index (χ1n) is 18.4. The van der Waals surface area contributed by atoms with Gasteiger partial charge in [-0.3, -0.25) is 14.4 Å². The Labute approximate surface area is 272 Å². The molecule has 0 N–H and O–H groups in total. The number of Topliss-reactive ketones (excluding diaryl/α,β-unsaturated/α-hetero) is 1. The molecule has 254 valence electrons. The summed E-state index contributed by atoms with van der Waals surface area (Å²) in [5.74, 6) is 1.22. The van der Waals surface area contributed by atoms with Crippen molar-refractivity contribution < 1.29 is 19.1 Å². The number of ketones is 1. The summed E-state index contributed by atoms with van der Waals surface area (Å²) in [6.45, 7) is 13.2. The van der Waals surface area contributed by atoms with E-state index in [0.29, 0.717) is 30.3 Å². The van der Waals surface area contributed by atoms with E-state index in [1.165, 1.54) is 88.8 Å². The maximum atomic E-state index is 12.7. The third kappa shape index (κ3) is 25.1.